The maximum absolute atomic E-state index is 6.30. The lowest BCUT2D eigenvalue weighted by Crippen LogP contribution is -1.75. The molecule has 0 N–H and O–H groups in total. The SMILES string of the molecule is Sc1c(N=CCl)cc(Cl)c2sc3ccccc3c12. The third-order valence-electron chi connectivity index (χ3n) is 2.74. The smallest absolute Gasteiger partial charge is 0.0934 e. The number of thiol groups is 1. The molecular weight excluding hydrogens is 305 g/mol. The van der Waals surface area contributed by atoms with E-state index >= 15 is 0 Å². The van der Waals surface area contributed by atoms with Crippen LogP contribution >= 0.6 is 47.2 Å². The van der Waals surface area contributed by atoms with Crippen molar-refractivity contribution in [2.75, 3.05) is 0 Å². The summed E-state index contributed by atoms with van der Waals surface area (Å²) in [7, 11) is 0. The summed E-state index contributed by atoms with van der Waals surface area (Å²) in [5, 5.41) is 2.88. The highest BCUT2D eigenvalue weighted by atomic mass is 35.5. The fourth-order valence-electron chi connectivity index (χ4n) is 1.98. The van der Waals surface area contributed by atoms with Crippen molar-refractivity contribution in [3.8, 4) is 0 Å². The van der Waals surface area contributed by atoms with Gasteiger partial charge in [0.15, 0.2) is 0 Å². The number of hydrogen-bond donors (Lipinski definition) is 1. The van der Waals surface area contributed by atoms with Gasteiger partial charge in [-0.2, -0.15) is 0 Å². The normalized spacial score (nSPS) is 11.9. The van der Waals surface area contributed by atoms with Gasteiger partial charge >= 0.3 is 0 Å². The van der Waals surface area contributed by atoms with Crippen LogP contribution in [0.2, 0.25) is 5.02 Å². The summed E-state index contributed by atoms with van der Waals surface area (Å²) in [5.41, 5.74) is 1.92. The summed E-state index contributed by atoms with van der Waals surface area (Å²) in [4.78, 5) is 4.90. The molecule has 0 unspecified atom stereocenters. The van der Waals surface area contributed by atoms with E-state index in [9.17, 15) is 0 Å². The van der Waals surface area contributed by atoms with E-state index in [1.165, 1.54) is 10.4 Å². The molecule has 0 aliphatic carbocycles. The maximum atomic E-state index is 6.30. The largest absolute Gasteiger partial charge is 0.243 e. The van der Waals surface area contributed by atoms with Gasteiger partial charge in [-0.25, -0.2) is 4.99 Å². The second-order valence-electron chi connectivity index (χ2n) is 3.76. The van der Waals surface area contributed by atoms with E-state index in [-0.39, 0.29) is 0 Å². The van der Waals surface area contributed by atoms with Gasteiger partial charge in [-0.1, -0.05) is 41.4 Å². The zero-order valence-electron chi connectivity index (χ0n) is 9.02. The molecular formula is C13H7Cl2NS2. The van der Waals surface area contributed by atoms with E-state index in [0.717, 1.165) is 20.4 Å². The first-order valence-electron chi connectivity index (χ1n) is 5.18. The Kier molecular flexibility index (Phi) is 3.24. The highest BCUT2D eigenvalue weighted by Crippen LogP contribution is 2.44. The van der Waals surface area contributed by atoms with Crippen molar-refractivity contribution in [2.24, 2.45) is 4.99 Å². The Morgan fingerprint density at radius 1 is 1.28 bits per heavy atom. The van der Waals surface area contributed by atoms with Crippen molar-refractivity contribution in [1.29, 1.82) is 0 Å². The van der Waals surface area contributed by atoms with Crippen LogP contribution in [0.15, 0.2) is 40.2 Å². The third-order valence-corrected chi connectivity index (χ3v) is 4.91. The zero-order valence-corrected chi connectivity index (χ0v) is 12.2. The molecule has 0 radical (unpaired) electrons. The van der Waals surface area contributed by atoms with Crippen molar-refractivity contribution < 1.29 is 0 Å². The van der Waals surface area contributed by atoms with Gasteiger partial charge in [-0.15, -0.1) is 24.0 Å². The summed E-state index contributed by atoms with van der Waals surface area (Å²) in [6, 6.07) is 9.96. The molecule has 0 fully saturated rings. The van der Waals surface area contributed by atoms with Gasteiger partial charge in [-0.3, -0.25) is 0 Å². The fraction of sp³-hybridized carbons (Fsp3) is 0. The molecule has 0 aliphatic rings. The molecule has 18 heavy (non-hydrogen) atoms. The molecule has 3 rings (SSSR count). The first kappa shape index (κ1) is 12.3. The van der Waals surface area contributed by atoms with E-state index in [4.69, 9.17) is 23.2 Å². The molecule has 0 bridgehead atoms. The van der Waals surface area contributed by atoms with Gasteiger partial charge in [0.2, 0.25) is 0 Å². The highest BCUT2D eigenvalue weighted by molar-refractivity contribution is 7.80. The van der Waals surface area contributed by atoms with E-state index in [1.807, 2.05) is 12.1 Å². The van der Waals surface area contributed by atoms with Crippen LogP contribution in [0.5, 0.6) is 0 Å². The van der Waals surface area contributed by atoms with Crippen LogP contribution in [-0.2, 0) is 0 Å². The Labute approximate surface area is 123 Å². The van der Waals surface area contributed by atoms with Gasteiger partial charge in [0.25, 0.3) is 0 Å². The van der Waals surface area contributed by atoms with Crippen LogP contribution < -0.4 is 0 Å². The second-order valence-corrected chi connectivity index (χ2v) is 5.86. The number of rotatable bonds is 1. The van der Waals surface area contributed by atoms with Gasteiger partial charge in [0, 0.05) is 20.4 Å². The molecule has 0 amide bonds. The lowest BCUT2D eigenvalue weighted by Gasteiger charge is -2.03. The quantitative estimate of drug-likeness (QED) is 0.424. The topological polar surface area (TPSA) is 12.4 Å². The van der Waals surface area contributed by atoms with E-state index < -0.39 is 0 Å². The average molecular weight is 312 g/mol. The molecule has 2 aromatic carbocycles. The minimum atomic E-state index is 0.682. The molecule has 0 saturated carbocycles. The van der Waals surface area contributed by atoms with Gasteiger partial charge in [0.1, 0.15) is 0 Å². The molecule has 0 atom stereocenters. The van der Waals surface area contributed by atoms with Crippen molar-refractivity contribution >= 4 is 78.7 Å². The molecule has 1 aromatic heterocycles. The third kappa shape index (κ3) is 1.82. The minimum Gasteiger partial charge on any atom is -0.243 e. The van der Waals surface area contributed by atoms with Crippen molar-refractivity contribution in [1.82, 2.24) is 0 Å². The van der Waals surface area contributed by atoms with Crippen LogP contribution in [-0.4, -0.2) is 5.67 Å². The van der Waals surface area contributed by atoms with Crippen molar-refractivity contribution in [3.05, 3.63) is 35.4 Å². The van der Waals surface area contributed by atoms with Crippen molar-refractivity contribution in [3.63, 3.8) is 0 Å². The second kappa shape index (κ2) is 4.74. The Bertz CT molecular complexity index is 777. The summed E-state index contributed by atoms with van der Waals surface area (Å²) in [6.45, 7) is 0. The molecule has 1 nitrogen and oxygen atoms in total. The Balaban J connectivity index is 2.54. The lowest BCUT2D eigenvalue weighted by molar-refractivity contribution is 1.46. The molecule has 0 aliphatic heterocycles. The average Bonchev–Trinajstić information content (AvgIpc) is 2.76. The first-order valence-corrected chi connectivity index (χ1v) is 7.25. The fourth-order valence-corrected chi connectivity index (χ4v) is 3.95. The predicted octanol–water partition coefficient (Wildman–Crippen LogP) is 5.90. The zero-order chi connectivity index (χ0) is 12.7. The van der Waals surface area contributed by atoms with E-state index in [1.54, 1.807) is 17.4 Å². The van der Waals surface area contributed by atoms with Gasteiger partial charge < -0.3 is 0 Å². The van der Waals surface area contributed by atoms with Gasteiger partial charge in [-0.05, 0) is 12.1 Å². The number of aliphatic imine (C=N–C) groups is 1. The standard InChI is InChI=1S/C13H7Cl2NS2/c14-6-16-9-5-8(15)13-11(12(9)17)7-3-1-2-4-10(7)18-13/h1-6,17H. The monoisotopic (exact) mass is 311 g/mol. The summed E-state index contributed by atoms with van der Waals surface area (Å²) in [6.07, 6.45) is 0. The number of fused-ring (bicyclic) bond motifs is 3. The van der Waals surface area contributed by atoms with E-state index in [2.05, 4.69) is 29.8 Å². The Hall–Kier alpha value is -0.740. The van der Waals surface area contributed by atoms with Crippen LogP contribution in [0.1, 0.15) is 0 Å². The molecule has 3 aromatic rings. The Morgan fingerprint density at radius 3 is 2.83 bits per heavy atom. The van der Waals surface area contributed by atoms with Gasteiger partial charge in [0.05, 0.1) is 21.1 Å². The summed E-state index contributed by atoms with van der Waals surface area (Å²) >= 11 is 18.1. The van der Waals surface area contributed by atoms with E-state index in [0.29, 0.717) is 10.7 Å². The van der Waals surface area contributed by atoms with Crippen LogP contribution in [0.25, 0.3) is 20.2 Å². The van der Waals surface area contributed by atoms with Crippen LogP contribution in [0, 0.1) is 0 Å². The lowest BCUT2D eigenvalue weighted by atomic mass is 10.1. The number of thiophene rings is 1. The number of benzene rings is 2. The molecule has 1 heterocycles. The number of hydrogen-bond acceptors (Lipinski definition) is 3. The Morgan fingerprint density at radius 2 is 2.06 bits per heavy atom. The van der Waals surface area contributed by atoms with Crippen LogP contribution in [0.3, 0.4) is 0 Å². The number of nitrogens with zero attached hydrogens (tertiary/aromatic N) is 1. The molecule has 0 spiro atoms. The number of halogens is 2. The summed E-state index contributed by atoms with van der Waals surface area (Å²) < 4.78 is 2.23. The molecule has 90 valence electrons. The highest BCUT2D eigenvalue weighted by Gasteiger charge is 2.13. The van der Waals surface area contributed by atoms with Crippen molar-refractivity contribution in [2.45, 2.75) is 4.90 Å². The summed E-state index contributed by atoms with van der Waals surface area (Å²) in [5.74, 6) is 0. The minimum absolute atomic E-state index is 0.682. The predicted molar refractivity (Wildman–Crippen MR) is 85.6 cm³/mol. The molecule has 5 heteroatoms. The maximum Gasteiger partial charge on any atom is 0.0934 e. The van der Waals surface area contributed by atoms with Crippen LogP contribution in [0.4, 0.5) is 5.69 Å². The molecule has 0 saturated heterocycles. The first-order chi connectivity index (χ1) is 8.72.